The molecule has 68 valence electrons. The van der Waals surface area contributed by atoms with Gasteiger partial charge in [-0.05, 0) is 30.0 Å². The Morgan fingerprint density at radius 2 is 2.31 bits per heavy atom. The minimum absolute atomic E-state index is 0.499. The fourth-order valence-corrected chi connectivity index (χ4v) is 2.48. The van der Waals surface area contributed by atoms with Crippen LogP contribution in [0, 0.1) is 6.92 Å². The lowest BCUT2D eigenvalue weighted by molar-refractivity contribution is 0.126. The molecule has 3 heteroatoms. The van der Waals surface area contributed by atoms with E-state index in [4.69, 9.17) is 5.90 Å². The van der Waals surface area contributed by atoms with Crippen LogP contribution in [0.25, 0.3) is 10.1 Å². The quantitative estimate of drug-likeness (QED) is 0.744. The van der Waals surface area contributed by atoms with Gasteiger partial charge in [0.25, 0.3) is 0 Å². The summed E-state index contributed by atoms with van der Waals surface area (Å²) in [5, 5.41) is 1.31. The highest BCUT2D eigenvalue weighted by atomic mass is 32.1. The molecule has 1 aromatic carbocycles. The summed E-state index contributed by atoms with van der Waals surface area (Å²) in [4.78, 5) is 5.78. The van der Waals surface area contributed by atoms with Crippen LogP contribution >= 0.6 is 11.3 Å². The summed E-state index contributed by atoms with van der Waals surface area (Å²) in [6.45, 7) is 2.61. The van der Waals surface area contributed by atoms with Crippen molar-refractivity contribution in [2.24, 2.45) is 5.90 Å². The molecule has 0 aliphatic heterocycles. The highest BCUT2D eigenvalue weighted by Crippen LogP contribution is 2.28. The second-order valence-corrected chi connectivity index (χ2v) is 4.18. The summed E-state index contributed by atoms with van der Waals surface area (Å²) in [6, 6.07) is 8.44. The average molecular weight is 193 g/mol. The predicted molar refractivity (Wildman–Crippen MR) is 55.5 cm³/mol. The third kappa shape index (κ3) is 1.58. The molecule has 0 fully saturated rings. The summed E-state index contributed by atoms with van der Waals surface area (Å²) < 4.78 is 1.30. The minimum Gasteiger partial charge on any atom is -0.299 e. The normalized spacial score (nSPS) is 10.9. The Labute approximate surface area is 80.9 Å². The van der Waals surface area contributed by atoms with Gasteiger partial charge in [-0.25, -0.2) is 5.90 Å². The molecule has 13 heavy (non-hydrogen) atoms. The van der Waals surface area contributed by atoms with Gasteiger partial charge in [-0.2, -0.15) is 0 Å². The monoisotopic (exact) mass is 193 g/mol. The maximum atomic E-state index is 5.03. The summed E-state index contributed by atoms with van der Waals surface area (Å²) in [5.41, 5.74) is 1.30. The maximum absolute atomic E-state index is 5.03. The van der Waals surface area contributed by atoms with Gasteiger partial charge in [-0.1, -0.05) is 12.1 Å². The van der Waals surface area contributed by atoms with Crippen molar-refractivity contribution >= 4 is 21.4 Å². The van der Waals surface area contributed by atoms with Crippen molar-refractivity contribution in [3.63, 3.8) is 0 Å². The summed E-state index contributed by atoms with van der Waals surface area (Å²) >= 11 is 1.73. The number of fused-ring (bicyclic) bond motifs is 1. The van der Waals surface area contributed by atoms with Crippen LogP contribution in [0.4, 0.5) is 0 Å². The van der Waals surface area contributed by atoms with E-state index < -0.39 is 0 Å². The van der Waals surface area contributed by atoms with Crippen LogP contribution in [0.15, 0.2) is 24.3 Å². The maximum Gasteiger partial charge on any atom is 0.102 e. The third-order valence-corrected chi connectivity index (χ3v) is 3.13. The summed E-state index contributed by atoms with van der Waals surface area (Å²) in [6.07, 6.45) is 0. The fraction of sp³-hybridized carbons (Fsp3) is 0.200. The van der Waals surface area contributed by atoms with Crippen molar-refractivity contribution in [2.75, 3.05) is 0 Å². The molecule has 1 aromatic heterocycles. The van der Waals surface area contributed by atoms with Crippen LogP contribution in [0.1, 0.15) is 10.4 Å². The van der Waals surface area contributed by atoms with Crippen LogP contribution in [0.2, 0.25) is 0 Å². The molecule has 2 rings (SSSR count). The number of hydrogen-bond donors (Lipinski definition) is 1. The van der Waals surface area contributed by atoms with Gasteiger partial charge < -0.3 is 0 Å². The van der Waals surface area contributed by atoms with Gasteiger partial charge in [-0.15, -0.1) is 11.3 Å². The Morgan fingerprint density at radius 1 is 1.46 bits per heavy atom. The first-order valence-corrected chi connectivity index (χ1v) is 4.92. The third-order valence-electron chi connectivity index (χ3n) is 2.06. The van der Waals surface area contributed by atoms with Crippen molar-refractivity contribution in [3.05, 3.63) is 34.7 Å². The topological polar surface area (TPSA) is 35.2 Å². The van der Waals surface area contributed by atoms with Crippen LogP contribution in [-0.2, 0) is 11.4 Å². The molecule has 0 saturated heterocycles. The van der Waals surface area contributed by atoms with Crippen molar-refractivity contribution in [1.29, 1.82) is 0 Å². The van der Waals surface area contributed by atoms with Gasteiger partial charge in [0.2, 0.25) is 0 Å². The van der Waals surface area contributed by atoms with E-state index >= 15 is 0 Å². The molecular formula is C10H11NOS. The zero-order valence-corrected chi connectivity index (χ0v) is 8.23. The van der Waals surface area contributed by atoms with E-state index in [0.717, 1.165) is 0 Å². The summed E-state index contributed by atoms with van der Waals surface area (Å²) in [5.74, 6) is 5.03. The van der Waals surface area contributed by atoms with Gasteiger partial charge in [-0.3, -0.25) is 4.84 Å². The van der Waals surface area contributed by atoms with Crippen LogP contribution in [0.5, 0.6) is 0 Å². The molecule has 0 saturated carbocycles. The molecular weight excluding hydrogens is 182 g/mol. The number of thiophene rings is 1. The fourth-order valence-electron chi connectivity index (χ4n) is 1.41. The van der Waals surface area contributed by atoms with Gasteiger partial charge in [0.15, 0.2) is 0 Å². The highest BCUT2D eigenvalue weighted by molar-refractivity contribution is 7.19. The van der Waals surface area contributed by atoms with E-state index in [2.05, 4.69) is 36.0 Å². The lowest BCUT2D eigenvalue weighted by atomic mass is 10.1. The second-order valence-electron chi connectivity index (χ2n) is 3.01. The zero-order chi connectivity index (χ0) is 9.26. The van der Waals surface area contributed by atoms with Gasteiger partial charge in [0, 0.05) is 9.58 Å². The first-order valence-electron chi connectivity index (χ1n) is 4.11. The molecule has 0 aliphatic carbocycles. The van der Waals surface area contributed by atoms with Crippen LogP contribution in [0.3, 0.4) is 0 Å². The molecule has 0 bridgehead atoms. The molecule has 1 heterocycles. The molecule has 0 spiro atoms. The summed E-state index contributed by atoms with van der Waals surface area (Å²) in [7, 11) is 0. The van der Waals surface area contributed by atoms with E-state index in [9.17, 15) is 0 Å². The van der Waals surface area contributed by atoms with E-state index in [1.54, 1.807) is 11.3 Å². The molecule has 0 radical (unpaired) electrons. The lowest BCUT2D eigenvalue weighted by Gasteiger charge is -1.91. The smallest absolute Gasteiger partial charge is 0.102 e. The molecule has 2 nitrogen and oxygen atoms in total. The molecule has 2 N–H and O–H groups in total. The van der Waals surface area contributed by atoms with E-state index in [1.807, 2.05) is 0 Å². The van der Waals surface area contributed by atoms with E-state index in [-0.39, 0.29) is 0 Å². The Bertz CT molecular complexity index is 422. The Balaban J connectivity index is 2.55. The van der Waals surface area contributed by atoms with Crippen molar-refractivity contribution in [3.8, 4) is 0 Å². The Morgan fingerprint density at radius 3 is 3.00 bits per heavy atom. The van der Waals surface area contributed by atoms with Gasteiger partial charge >= 0.3 is 0 Å². The Hall–Kier alpha value is -0.900. The van der Waals surface area contributed by atoms with Crippen molar-refractivity contribution in [2.45, 2.75) is 13.5 Å². The standard InChI is InChI=1S/C10H11NOS/c1-7-3-2-4-10-9(7)5-8(13-10)6-12-11/h2-5H,6,11H2,1H3. The van der Waals surface area contributed by atoms with Gasteiger partial charge in [0.05, 0.1) is 0 Å². The molecule has 0 aliphatic rings. The average Bonchev–Trinajstić information content (AvgIpc) is 2.49. The number of nitrogens with two attached hydrogens (primary N) is 1. The molecule has 2 aromatic rings. The molecule has 0 atom stereocenters. The largest absolute Gasteiger partial charge is 0.299 e. The number of aryl methyl sites for hydroxylation is 1. The van der Waals surface area contributed by atoms with Gasteiger partial charge in [0.1, 0.15) is 6.61 Å². The lowest BCUT2D eigenvalue weighted by Crippen LogP contribution is -1.96. The predicted octanol–water partition coefficient (Wildman–Crippen LogP) is 2.60. The number of rotatable bonds is 2. The number of benzene rings is 1. The first kappa shape index (κ1) is 8.69. The van der Waals surface area contributed by atoms with E-state index in [1.165, 1.54) is 20.5 Å². The molecule has 0 amide bonds. The second kappa shape index (κ2) is 3.46. The highest BCUT2D eigenvalue weighted by Gasteiger charge is 2.02. The van der Waals surface area contributed by atoms with Crippen molar-refractivity contribution < 1.29 is 4.84 Å². The van der Waals surface area contributed by atoms with E-state index in [0.29, 0.717) is 6.61 Å². The SMILES string of the molecule is Cc1cccc2sc(CON)cc12. The minimum atomic E-state index is 0.499. The van der Waals surface area contributed by atoms with Crippen molar-refractivity contribution in [1.82, 2.24) is 0 Å². The molecule has 0 unspecified atom stereocenters. The zero-order valence-electron chi connectivity index (χ0n) is 7.41. The number of hydrogen-bond acceptors (Lipinski definition) is 3. The van der Waals surface area contributed by atoms with Crippen LogP contribution < -0.4 is 5.90 Å². The first-order chi connectivity index (χ1) is 6.31. The van der Waals surface area contributed by atoms with Crippen LogP contribution in [-0.4, -0.2) is 0 Å². The Kier molecular flexibility index (Phi) is 2.31.